The molecule has 1 aliphatic carbocycles. The van der Waals surface area contributed by atoms with Gasteiger partial charge in [0.1, 0.15) is 11.5 Å². The molecule has 3 aromatic heterocycles. The molecule has 4 heterocycles. The average Bonchev–Trinajstić information content (AvgIpc) is 3.62. The number of carbonyl (C=O) groups is 1. The van der Waals surface area contributed by atoms with Crippen molar-refractivity contribution in [2.75, 3.05) is 6.54 Å². The van der Waals surface area contributed by atoms with Gasteiger partial charge < -0.3 is 18.7 Å². The topological polar surface area (TPSA) is 116 Å². The van der Waals surface area contributed by atoms with Gasteiger partial charge in [0, 0.05) is 53.9 Å². The monoisotopic (exact) mass is 574 g/mol. The first-order chi connectivity index (χ1) is 21.0. The molecule has 1 unspecified atom stereocenters. The summed E-state index contributed by atoms with van der Waals surface area (Å²) in [6, 6.07) is 22.6. The number of pyridine rings is 1. The van der Waals surface area contributed by atoms with Crippen LogP contribution >= 0.6 is 0 Å². The zero-order valence-electron chi connectivity index (χ0n) is 23.7. The zero-order valence-corrected chi connectivity index (χ0v) is 23.7. The third kappa shape index (κ3) is 5.68. The SMILES string of the molecule is CCc1ccc(-c2ccc(Oc3cc(-c4nc(C5CC(=O)N(C6CC6)C5)no4)ccc3Cn3ccccc3=O)cc2)nn1. The molecular formula is C33H30N6O4. The van der Waals surface area contributed by atoms with Crippen molar-refractivity contribution < 1.29 is 14.1 Å². The lowest BCUT2D eigenvalue weighted by Gasteiger charge is -2.14. The maximum absolute atomic E-state index is 12.5. The Labute approximate surface area is 248 Å². The Morgan fingerprint density at radius 1 is 0.953 bits per heavy atom. The third-order valence-electron chi connectivity index (χ3n) is 7.97. The van der Waals surface area contributed by atoms with Gasteiger partial charge in [0.25, 0.3) is 11.4 Å². The second-order valence-electron chi connectivity index (χ2n) is 11.0. The highest BCUT2D eigenvalue weighted by Gasteiger charge is 2.41. The van der Waals surface area contributed by atoms with Crippen molar-refractivity contribution in [2.24, 2.45) is 0 Å². The van der Waals surface area contributed by atoms with Crippen LogP contribution in [0.3, 0.4) is 0 Å². The minimum absolute atomic E-state index is 0.0769. The van der Waals surface area contributed by atoms with E-state index in [0.29, 0.717) is 54.3 Å². The van der Waals surface area contributed by atoms with Crippen LogP contribution in [0.2, 0.25) is 0 Å². The van der Waals surface area contributed by atoms with E-state index in [1.807, 2.05) is 72.5 Å². The van der Waals surface area contributed by atoms with Gasteiger partial charge in [-0.25, -0.2) is 0 Å². The number of aryl methyl sites for hydroxylation is 1. The van der Waals surface area contributed by atoms with E-state index in [0.717, 1.165) is 41.8 Å². The second kappa shape index (κ2) is 11.3. The number of hydrogen-bond donors (Lipinski definition) is 0. The lowest BCUT2D eigenvalue weighted by atomic mass is 10.1. The Morgan fingerprint density at radius 2 is 1.79 bits per heavy atom. The highest BCUT2D eigenvalue weighted by atomic mass is 16.5. The smallest absolute Gasteiger partial charge is 0.258 e. The van der Waals surface area contributed by atoms with Gasteiger partial charge in [-0.15, -0.1) is 0 Å². The van der Waals surface area contributed by atoms with E-state index in [1.165, 1.54) is 6.07 Å². The number of nitrogens with zero attached hydrogens (tertiary/aromatic N) is 6. The molecule has 1 saturated heterocycles. The van der Waals surface area contributed by atoms with Gasteiger partial charge in [0.2, 0.25) is 5.91 Å². The van der Waals surface area contributed by atoms with E-state index in [4.69, 9.17) is 9.26 Å². The van der Waals surface area contributed by atoms with Crippen LogP contribution in [0.4, 0.5) is 0 Å². The van der Waals surface area contributed by atoms with Gasteiger partial charge in [-0.05, 0) is 73.9 Å². The van der Waals surface area contributed by atoms with Crippen LogP contribution in [0.1, 0.15) is 49.2 Å². The van der Waals surface area contributed by atoms with Crippen LogP contribution < -0.4 is 10.3 Å². The Morgan fingerprint density at radius 3 is 2.53 bits per heavy atom. The van der Waals surface area contributed by atoms with Crippen LogP contribution in [-0.2, 0) is 17.8 Å². The summed E-state index contributed by atoms with van der Waals surface area (Å²) in [5.74, 6) is 2.16. The normalized spacial score (nSPS) is 16.5. The number of benzene rings is 2. The van der Waals surface area contributed by atoms with E-state index in [-0.39, 0.29) is 17.4 Å². The second-order valence-corrected chi connectivity index (χ2v) is 11.0. The van der Waals surface area contributed by atoms with Gasteiger partial charge in [0.05, 0.1) is 17.9 Å². The predicted molar refractivity (Wildman–Crippen MR) is 159 cm³/mol. The first kappa shape index (κ1) is 26.8. The molecule has 0 radical (unpaired) electrons. The molecule has 10 heteroatoms. The molecule has 7 rings (SSSR count). The van der Waals surface area contributed by atoms with Gasteiger partial charge in [0.15, 0.2) is 5.82 Å². The summed E-state index contributed by atoms with van der Waals surface area (Å²) in [7, 11) is 0. The van der Waals surface area contributed by atoms with Crippen LogP contribution in [0, 0.1) is 0 Å². The molecule has 5 aromatic rings. The van der Waals surface area contributed by atoms with Crippen molar-refractivity contribution in [3.8, 4) is 34.2 Å². The van der Waals surface area contributed by atoms with E-state index in [1.54, 1.807) is 16.8 Å². The highest BCUT2D eigenvalue weighted by Crippen LogP contribution is 2.37. The summed E-state index contributed by atoms with van der Waals surface area (Å²) in [4.78, 5) is 31.5. The van der Waals surface area contributed by atoms with Gasteiger partial charge >= 0.3 is 0 Å². The van der Waals surface area contributed by atoms with Crippen molar-refractivity contribution in [3.05, 3.63) is 106 Å². The number of ether oxygens (including phenoxy) is 1. The summed E-state index contributed by atoms with van der Waals surface area (Å²) in [6.45, 7) is 3.00. The fourth-order valence-corrected chi connectivity index (χ4v) is 5.37. The summed E-state index contributed by atoms with van der Waals surface area (Å²) in [6.07, 6.45) is 5.13. The molecule has 0 bridgehead atoms. The summed E-state index contributed by atoms with van der Waals surface area (Å²) >= 11 is 0. The molecular weight excluding hydrogens is 544 g/mol. The number of amides is 1. The first-order valence-corrected chi connectivity index (χ1v) is 14.6. The molecule has 0 N–H and O–H groups in total. The molecule has 10 nitrogen and oxygen atoms in total. The van der Waals surface area contributed by atoms with Crippen molar-refractivity contribution >= 4 is 5.91 Å². The lowest BCUT2D eigenvalue weighted by molar-refractivity contribution is -0.128. The molecule has 1 amide bonds. The number of hydrogen-bond acceptors (Lipinski definition) is 8. The van der Waals surface area contributed by atoms with E-state index in [2.05, 4.69) is 20.3 Å². The van der Waals surface area contributed by atoms with Gasteiger partial charge in [-0.1, -0.05) is 24.2 Å². The molecule has 2 fully saturated rings. The number of carbonyl (C=O) groups excluding carboxylic acids is 1. The molecule has 2 aliphatic rings. The molecule has 2 aromatic carbocycles. The number of rotatable bonds is 9. The van der Waals surface area contributed by atoms with Gasteiger partial charge in [-0.3, -0.25) is 9.59 Å². The molecule has 1 saturated carbocycles. The predicted octanol–water partition coefficient (Wildman–Crippen LogP) is 5.24. The van der Waals surface area contributed by atoms with Crippen molar-refractivity contribution in [1.29, 1.82) is 0 Å². The number of aromatic nitrogens is 5. The Hall–Kier alpha value is -5.12. The molecule has 216 valence electrons. The summed E-state index contributed by atoms with van der Waals surface area (Å²) in [5.41, 5.74) is 4.04. The first-order valence-electron chi connectivity index (χ1n) is 14.6. The van der Waals surface area contributed by atoms with Crippen molar-refractivity contribution in [2.45, 2.75) is 51.1 Å². The Kier molecular flexibility index (Phi) is 7.02. The van der Waals surface area contributed by atoms with Crippen LogP contribution in [0.25, 0.3) is 22.7 Å². The Balaban J connectivity index is 1.16. The number of likely N-dealkylation sites (tertiary alicyclic amines) is 1. The maximum atomic E-state index is 12.5. The van der Waals surface area contributed by atoms with Gasteiger partial charge in [-0.2, -0.15) is 15.2 Å². The van der Waals surface area contributed by atoms with Crippen molar-refractivity contribution in [3.63, 3.8) is 0 Å². The molecule has 43 heavy (non-hydrogen) atoms. The van der Waals surface area contributed by atoms with Crippen LogP contribution in [0.5, 0.6) is 11.5 Å². The van der Waals surface area contributed by atoms with E-state index >= 15 is 0 Å². The van der Waals surface area contributed by atoms with E-state index < -0.39 is 0 Å². The third-order valence-corrected chi connectivity index (χ3v) is 7.97. The minimum Gasteiger partial charge on any atom is -0.457 e. The minimum atomic E-state index is -0.107. The average molecular weight is 575 g/mol. The lowest BCUT2D eigenvalue weighted by Crippen LogP contribution is -2.27. The molecule has 1 atom stereocenters. The van der Waals surface area contributed by atoms with Crippen molar-refractivity contribution in [1.82, 2.24) is 29.8 Å². The molecule has 1 aliphatic heterocycles. The summed E-state index contributed by atoms with van der Waals surface area (Å²) in [5, 5.41) is 12.8. The highest BCUT2D eigenvalue weighted by molar-refractivity contribution is 5.80. The fraction of sp³-hybridized carbons (Fsp3) is 0.273. The largest absolute Gasteiger partial charge is 0.457 e. The zero-order chi connectivity index (χ0) is 29.3. The Bertz CT molecular complexity index is 1830. The standard InChI is InChI=1S/C33H30N6O4/c1-2-25-10-15-28(36-35-25)21-8-13-27(14-9-21)42-29-17-22(6-7-23(29)19-38-16-4-3-5-30(38)40)33-34-32(37-43-33)24-18-31(41)39(20-24)26-11-12-26/h3-10,13-17,24,26H,2,11-12,18-20H2,1H3. The van der Waals surface area contributed by atoms with Crippen LogP contribution in [0.15, 0.2) is 88.3 Å². The summed E-state index contributed by atoms with van der Waals surface area (Å²) < 4.78 is 13.7. The molecule has 0 spiro atoms. The maximum Gasteiger partial charge on any atom is 0.258 e. The van der Waals surface area contributed by atoms with Crippen LogP contribution in [-0.4, -0.2) is 48.3 Å². The fourth-order valence-electron chi connectivity index (χ4n) is 5.37. The quantitative estimate of drug-likeness (QED) is 0.235. The van der Waals surface area contributed by atoms with E-state index in [9.17, 15) is 9.59 Å².